The molecular formula is C16H20ClN3O2. The quantitative estimate of drug-likeness (QED) is 0.769. The van der Waals surface area contributed by atoms with Gasteiger partial charge in [-0.15, -0.1) is 0 Å². The second-order valence-electron chi connectivity index (χ2n) is 5.21. The monoisotopic (exact) mass is 321 g/mol. The van der Waals surface area contributed by atoms with Crippen molar-refractivity contribution in [2.75, 3.05) is 6.54 Å². The van der Waals surface area contributed by atoms with Crippen LogP contribution in [0.25, 0.3) is 5.69 Å². The van der Waals surface area contributed by atoms with Crippen molar-refractivity contribution in [1.29, 1.82) is 0 Å². The highest BCUT2D eigenvalue weighted by atomic mass is 35.5. The fraction of sp³-hybridized carbons (Fsp3) is 0.375. The first kappa shape index (κ1) is 16.5. The van der Waals surface area contributed by atoms with Crippen molar-refractivity contribution in [2.45, 2.75) is 33.2 Å². The number of hydrogen-bond donors (Lipinski definition) is 2. The van der Waals surface area contributed by atoms with E-state index >= 15 is 0 Å². The zero-order valence-corrected chi connectivity index (χ0v) is 13.5. The maximum Gasteiger partial charge on any atom is 0.303 e. The number of carbonyl (C=O) groups is 1. The second-order valence-corrected chi connectivity index (χ2v) is 5.65. The molecule has 0 aliphatic heterocycles. The van der Waals surface area contributed by atoms with Gasteiger partial charge in [-0.2, -0.15) is 5.10 Å². The van der Waals surface area contributed by atoms with Gasteiger partial charge < -0.3 is 10.4 Å². The van der Waals surface area contributed by atoms with Crippen LogP contribution in [0.4, 0.5) is 0 Å². The number of hydrogen-bond acceptors (Lipinski definition) is 3. The van der Waals surface area contributed by atoms with Gasteiger partial charge in [0.2, 0.25) is 0 Å². The molecular weight excluding hydrogens is 302 g/mol. The maximum absolute atomic E-state index is 10.5. The Bertz CT molecular complexity index is 650. The minimum atomic E-state index is -0.760. The first-order chi connectivity index (χ1) is 10.5. The van der Waals surface area contributed by atoms with Gasteiger partial charge in [-0.1, -0.05) is 11.6 Å². The summed E-state index contributed by atoms with van der Waals surface area (Å²) in [5, 5.41) is 17.2. The lowest BCUT2D eigenvalue weighted by Crippen LogP contribution is -2.16. The van der Waals surface area contributed by atoms with Gasteiger partial charge in [-0.3, -0.25) is 4.79 Å². The van der Waals surface area contributed by atoms with E-state index < -0.39 is 5.97 Å². The van der Waals surface area contributed by atoms with E-state index in [0.717, 1.165) is 22.6 Å². The van der Waals surface area contributed by atoms with Crippen LogP contribution in [0.1, 0.15) is 29.8 Å². The second kappa shape index (κ2) is 7.42. The maximum atomic E-state index is 10.5. The van der Waals surface area contributed by atoms with Crippen molar-refractivity contribution < 1.29 is 9.90 Å². The third-order valence-electron chi connectivity index (χ3n) is 3.56. The molecule has 0 atom stereocenters. The molecule has 118 valence electrons. The molecule has 1 heterocycles. The van der Waals surface area contributed by atoms with Gasteiger partial charge in [0.15, 0.2) is 0 Å². The van der Waals surface area contributed by atoms with E-state index in [1.54, 1.807) is 0 Å². The van der Waals surface area contributed by atoms with Crippen LogP contribution in [0.3, 0.4) is 0 Å². The van der Waals surface area contributed by atoms with Crippen molar-refractivity contribution in [3.8, 4) is 5.69 Å². The summed E-state index contributed by atoms with van der Waals surface area (Å²) in [5.41, 5.74) is 4.16. The van der Waals surface area contributed by atoms with Crippen LogP contribution < -0.4 is 5.32 Å². The molecule has 0 saturated carbocycles. The largest absolute Gasteiger partial charge is 0.481 e. The molecule has 2 aromatic rings. The highest BCUT2D eigenvalue weighted by Crippen LogP contribution is 2.19. The van der Waals surface area contributed by atoms with Crippen molar-refractivity contribution in [3.63, 3.8) is 0 Å². The lowest BCUT2D eigenvalue weighted by Gasteiger charge is -2.07. The summed E-state index contributed by atoms with van der Waals surface area (Å²) in [6, 6.07) is 7.56. The van der Waals surface area contributed by atoms with E-state index in [9.17, 15) is 4.79 Å². The molecule has 0 bridgehead atoms. The standard InChI is InChI=1S/C16H20ClN3O2/c1-11-15(10-18-9-3-4-16(21)22)12(2)20(19-11)14-7-5-13(17)6-8-14/h5-8,18H,3-4,9-10H2,1-2H3,(H,21,22). The Morgan fingerprint density at radius 3 is 2.64 bits per heavy atom. The molecule has 0 aliphatic carbocycles. The van der Waals surface area contributed by atoms with Gasteiger partial charge in [-0.05, 0) is 51.1 Å². The molecule has 22 heavy (non-hydrogen) atoms. The van der Waals surface area contributed by atoms with Crippen LogP contribution in [0.2, 0.25) is 5.02 Å². The minimum Gasteiger partial charge on any atom is -0.481 e. The molecule has 0 fully saturated rings. The molecule has 0 aliphatic rings. The molecule has 0 radical (unpaired) electrons. The lowest BCUT2D eigenvalue weighted by molar-refractivity contribution is -0.137. The van der Waals surface area contributed by atoms with Crippen LogP contribution in [0, 0.1) is 13.8 Å². The number of carboxylic acids is 1. The van der Waals surface area contributed by atoms with Crippen LogP contribution in [-0.4, -0.2) is 27.4 Å². The van der Waals surface area contributed by atoms with E-state index in [1.165, 1.54) is 0 Å². The smallest absolute Gasteiger partial charge is 0.303 e. The zero-order valence-electron chi connectivity index (χ0n) is 12.8. The first-order valence-electron chi connectivity index (χ1n) is 7.22. The molecule has 6 heteroatoms. The topological polar surface area (TPSA) is 67.2 Å². The molecule has 1 aromatic heterocycles. The Morgan fingerprint density at radius 1 is 1.32 bits per heavy atom. The average molecular weight is 322 g/mol. The van der Waals surface area contributed by atoms with Crippen molar-refractivity contribution in [2.24, 2.45) is 0 Å². The number of carboxylic acid groups (broad SMARTS) is 1. The Kier molecular flexibility index (Phi) is 5.57. The normalized spacial score (nSPS) is 10.9. The van der Waals surface area contributed by atoms with E-state index in [2.05, 4.69) is 10.4 Å². The number of benzene rings is 1. The number of nitrogens with zero attached hydrogens (tertiary/aromatic N) is 2. The van der Waals surface area contributed by atoms with E-state index in [-0.39, 0.29) is 6.42 Å². The molecule has 2 N–H and O–H groups in total. The number of aromatic nitrogens is 2. The van der Waals surface area contributed by atoms with Crippen molar-refractivity contribution in [1.82, 2.24) is 15.1 Å². The Labute approximate surface area is 134 Å². The van der Waals surface area contributed by atoms with Crippen LogP contribution in [0.15, 0.2) is 24.3 Å². The Morgan fingerprint density at radius 2 is 2.00 bits per heavy atom. The van der Waals surface area contributed by atoms with E-state index in [0.29, 0.717) is 24.5 Å². The highest BCUT2D eigenvalue weighted by Gasteiger charge is 2.12. The summed E-state index contributed by atoms with van der Waals surface area (Å²) < 4.78 is 1.90. The number of rotatable bonds is 7. The molecule has 0 amide bonds. The van der Waals surface area contributed by atoms with Gasteiger partial charge in [0.05, 0.1) is 11.4 Å². The number of nitrogens with one attached hydrogen (secondary N) is 1. The number of halogens is 1. The number of aryl methyl sites for hydroxylation is 1. The van der Waals surface area contributed by atoms with Crippen molar-refractivity contribution >= 4 is 17.6 Å². The van der Waals surface area contributed by atoms with E-state index in [4.69, 9.17) is 16.7 Å². The van der Waals surface area contributed by atoms with E-state index in [1.807, 2.05) is 42.8 Å². The first-order valence-corrected chi connectivity index (χ1v) is 7.60. The van der Waals surface area contributed by atoms with Crippen molar-refractivity contribution in [3.05, 3.63) is 46.2 Å². The Hall–Kier alpha value is -1.85. The van der Waals surface area contributed by atoms with Gasteiger partial charge in [0, 0.05) is 29.2 Å². The Balaban J connectivity index is 2.04. The van der Waals surface area contributed by atoms with Crippen LogP contribution >= 0.6 is 11.6 Å². The summed E-state index contributed by atoms with van der Waals surface area (Å²) in [4.78, 5) is 10.5. The third-order valence-corrected chi connectivity index (χ3v) is 3.81. The zero-order chi connectivity index (χ0) is 16.1. The van der Waals surface area contributed by atoms with Gasteiger partial charge >= 0.3 is 5.97 Å². The number of aliphatic carboxylic acids is 1. The van der Waals surface area contributed by atoms with Gasteiger partial charge in [-0.25, -0.2) is 4.68 Å². The SMILES string of the molecule is Cc1nn(-c2ccc(Cl)cc2)c(C)c1CNCCCC(=O)O. The molecule has 0 unspecified atom stereocenters. The molecule has 5 nitrogen and oxygen atoms in total. The summed E-state index contributed by atoms with van der Waals surface area (Å²) in [6.45, 7) is 5.37. The fourth-order valence-electron chi connectivity index (χ4n) is 2.34. The molecule has 0 saturated heterocycles. The van der Waals surface area contributed by atoms with Gasteiger partial charge in [0.1, 0.15) is 0 Å². The van der Waals surface area contributed by atoms with Crippen LogP contribution in [-0.2, 0) is 11.3 Å². The molecule has 0 spiro atoms. The highest BCUT2D eigenvalue weighted by molar-refractivity contribution is 6.30. The third kappa shape index (κ3) is 4.08. The fourth-order valence-corrected chi connectivity index (χ4v) is 2.47. The summed E-state index contributed by atoms with van der Waals surface area (Å²) in [6.07, 6.45) is 0.813. The summed E-state index contributed by atoms with van der Waals surface area (Å²) in [5.74, 6) is -0.760. The average Bonchev–Trinajstić information content (AvgIpc) is 2.75. The predicted octanol–water partition coefficient (Wildman–Crippen LogP) is 3.10. The minimum absolute atomic E-state index is 0.189. The summed E-state index contributed by atoms with van der Waals surface area (Å²) in [7, 11) is 0. The molecule has 1 aromatic carbocycles. The van der Waals surface area contributed by atoms with Crippen LogP contribution in [0.5, 0.6) is 0 Å². The lowest BCUT2D eigenvalue weighted by atomic mass is 10.2. The predicted molar refractivity (Wildman–Crippen MR) is 86.6 cm³/mol. The van der Waals surface area contributed by atoms with Gasteiger partial charge in [0.25, 0.3) is 0 Å². The summed E-state index contributed by atoms with van der Waals surface area (Å²) >= 11 is 5.91. The molecule has 2 rings (SSSR count).